The van der Waals surface area contributed by atoms with E-state index in [4.69, 9.17) is 4.74 Å². The highest BCUT2D eigenvalue weighted by Gasteiger charge is 2.31. The number of nitrogens with one attached hydrogen (secondary N) is 1. The topological polar surface area (TPSA) is 76.5 Å². The first kappa shape index (κ1) is 15.0. The molecule has 21 heavy (non-hydrogen) atoms. The van der Waals surface area contributed by atoms with Crippen molar-refractivity contribution in [2.24, 2.45) is 0 Å². The summed E-state index contributed by atoms with van der Waals surface area (Å²) in [4.78, 5) is 2.44. The van der Waals surface area contributed by atoms with Crippen LogP contribution < -0.4 is 4.72 Å². The molecule has 3 rings (SSSR count). The van der Waals surface area contributed by atoms with E-state index < -0.39 is 10.0 Å². The Bertz CT molecular complexity index is 580. The second-order valence-electron chi connectivity index (χ2n) is 5.81. The van der Waals surface area contributed by atoms with Crippen LogP contribution in [0.5, 0.6) is 0 Å². The Morgan fingerprint density at radius 3 is 2.90 bits per heavy atom. The maximum atomic E-state index is 11.3. The van der Waals surface area contributed by atoms with Crippen LogP contribution in [0.2, 0.25) is 0 Å². The first-order chi connectivity index (χ1) is 10.0. The number of nitrogens with zero attached hydrogens (tertiary/aromatic N) is 3. The van der Waals surface area contributed by atoms with Crippen LogP contribution in [-0.4, -0.2) is 61.7 Å². The highest BCUT2D eigenvalue weighted by atomic mass is 32.2. The molecule has 0 amide bonds. The first-order valence-corrected chi connectivity index (χ1v) is 9.21. The molecule has 0 aliphatic carbocycles. The van der Waals surface area contributed by atoms with Gasteiger partial charge >= 0.3 is 0 Å². The normalized spacial score (nSPS) is 24.9. The van der Waals surface area contributed by atoms with E-state index >= 15 is 0 Å². The number of fused-ring (bicyclic) bond motifs is 1. The number of ether oxygens (including phenoxy) is 1. The third-order valence-electron chi connectivity index (χ3n) is 4.20. The first-order valence-electron chi connectivity index (χ1n) is 7.32. The van der Waals surface area contributed by atoms with Crippen molar-refractivity contribution in [3.8, 4) is 0 Å². The Morgan fingerprint density at radius 2 is 2.19 bits per heavy atom. The van der Waals surface area contributed by atoms with Crippen molar-refractivity contribution in [1.29, 1.82) is 0 Å². The molecule has 0 spiro atoms. The summed E-state index contributed by atoms with van der Waals surface area (Å²) in [5, 5.41) is 4.35. The molecule has 0 saturated carbocycles. The van der Waals surface area contributed by atoms with Crippen LogP contribution in [0.25, 0.3) is 0 Å². The van der Waals surface area contributed by atoms with Crippen molar-refractivity contribution in [2.45, 2.75) is 31.5 Å². The van der Waals surface area contributed by atoms with Crippen LogP contribution in [0.15, 0.2) is 12.3 Å². The van der Waals surface area contributed by atoms with Gasteiger partial charge in [0.1, 0.15) is 0 Å². The van der Waals surface area contributed by atoms with E-state index in [2.05, 4.69) is 14.7 Å². The summed E-state index contributed by atoms with van der Waals surface area (Å²) in [6.45, 7) is 3.70. The maximum absolute atomic E-state index is 11.3. The van der Waals surface area contributed by atoms with Gasteiger partial charge in [-0.05, 0) is 18.9 Å². The average molecular weight is 314 g/mol. The summed E-state index contributed by atoms with van der Waals surface area (Å²) in [6.07, 6.45) is 5.06. The molecule has 1 atom stereocenters. The number of hydrogen-bond acceptors (Lipinski definition) is 5. The average Bonchev–Trinajstić information content (AvgIpc) is 2.93. The van der Waals surface area contributed by atoms with E-state index in [-0.39, 0.29) is 6.04 Å². The van der Waals surface area contributed by atoms with Gasteiger partial charge < -0.3 is 4.74 Å². The fraction of sp³-hybridized carbons (Fsp3) is 0.769. The van der Waals surface area contributed by atoms with Gasteiger partial charge in [0.2, 0.25) is 10.0 Å². The van der Waals surface area contributed by atoms with Gasteiger partial charge in [-0.25, -0.2) is 13.1 Å². The largest absolute Gasteiger partial charge is 0.381 e. The molecule has 7 nitrogen and oxygen atoms in total. The minimum atomic E-state index is -3.18. The van der Waals surface area contributed by atoms with Gasteiger partial charge in [0.15, 0.2) is 0 Å². The maximum Gasteiger partial charge on any atom is 0.208 e. The molecule has 0 unspecified atom stereocenters. The van der Waals surface area contributed by atoms with Crippen LogP contribution in [0.3, 0.4) is 0 Å². The van der Waals surface area contributed by atoms with Crippen molar-refractivity contribution in [2.75, 3.05) is 32.6 Å². The molecule has 3 heterocycles. The van der Waals surface area contributed by atoms with Gasteiger partial charge in [0.25, 0.3) is 0 Å². The summed E-state index contributed by atoms with van der Waals surface area (Å²) in [5.74, 6) is 0. The molecule has 1 N–H and O–H groups in total. The van der Waals surface area contributed by atoms with Crippen LogP contribution in [0, 0.1) is 0 Å². The molecule has 0 aromatic carbocycles. The van der Waals surface area contributed by atoms with Crippen LogP contribution in [0.1, 0.15) is 24.6 Å². The molecule has 1 aromatic heterocycles. The fourth-order valence-corrected chi connectivity index (χ4v) is 3.64. The summed E-state index contributed by atoms with van der Waals surface area (Å²) < 4.78 is 32.7. The van der Waals surface area contributed by atoms with Crippen LogP contribution in [0.4, 0.5) is 0 Å². The number of sulfonamides is 1. The zero-order valence-electron chi connectivity index (χ0n) is 12.2. The van der Waals surface area contributed by atoms with Crippen LogP contribution in [-0.2, 0) is 21.3 Å². The zero-order valence-corrected chi connectivity index (χ0v) is 13.1. The van der Waals surface area contributed by atoms with E-state index in [0.29, 0.717) is 12.6 Å². The predicted octanol–water partition coefficient (Wildman–Crippen LogP) is -0.0320. The Hall–Kier alpha value is -0.960. The smallest absolute Gasteiger partial charge is 0.208 e. The van der Waals surface area contributed by atoms with Gasteiger partial charge in [0.05, 0.1) is 18.0 Å². The molecule has 2 aliphatic heterocycles. The molecular weight excluding hydrogens is 292 g/mol. The molecule has 8 heteroatoms. The van der Waals surface area contributed by atoms with Crippen molar-refractivity contribution in [1.82, 2.24) is 19.4 Å². The monoisotopic (exact) mass is 314 g/mol. The minimum Gasteiger partial charge on any atom is -0.381 e. The highest BCUT2D eigenvalue weighted by Crippen LogP contribution is 2.25. The summed E-state index contributed by atoms with van der Waals surface area (Å²) in [6, 6.07) is 2.57. The quantitative estimate of drug-likeness (QED) is 0.844. The van der Waals surface area contributed by atoms with Gasteiger partial charge in [-0.2, -0.15) is 5.10 Å². The Kier molecular flexibility index (Phi) is 4.30. The van der Waals surface area contributed by atoms with Crippen molar-refractivity contribution in [3.63, 3.8) is 0 Å². The Morgan fingerprint density at radius 1 is 1.43 bits per heavy atom. The SMILES string of the molecule is CS(=O)(=O)NC[C@H]1CN(C2CCOCC2)Cc2ccnn21. The van der Waals surface area contributed by atoms with Gasteiger partial charge in [0, 0.05) is 45.1 Å². The number of hydrogen-bond donors (Lipinski definition) is 1. The van der Waals surface area contributed by atoms with Crippen molar-refractivity contribution in [3.05, 3.63) is 18.0 Å². The number of rotatable bonds is 4. The zero-order chi connectivity index (χ0) is 14.9. The minimum absolute atomic E-state index is 0.0429. The molecule has 118 valence electrons. The summed E-state index contributed by atoms with van der Waals surface area (Å²) in [5.41, 5.74) is 1.15. The lowest BCUT2D eigenvalue weighted by Gasteiger charge is -2.40. The summed E-state index contributed by atoms with van der Waals surface area (Å²) >= 11 is 0. The van der Waals surface area contributed by atoms with Gasteiger partial charge in [-0.3, -0.25) is 9.58 Å². The van der Waals surface area contributed by atoms with Crippen LogP contribution >= 0.6 is 0 Å². The molecule has 0 radical (unpaired) electrons. The lowest BCUT2D eigenvalue weighted by atomic mass is 10.0. The van der Waals surface area contributed by atoms with Gasteiger partial charge in [-0.15, -0.1) is 0 Å². The lowest BCUT2D eigenvalue weighted by Crippen LogP contribution is -2.48. The summed E-state index contributed by atoms with van der Waals surface area (Å²) in [7, 11) is -3.18. The predicted molar refractivity (Wildman–Crippen MR) is 78.4 cm³/mol. The van der Waals surface area contributed by atoms with E-state index in [1.54, 1.807) is 6.20 Å². The second-order valence-corrected chi connectivity index (χ2v) is 7.65. The van der Waals surface area contributed by atoms with E-state index in [1.165, 1.54) is 6.26 Å². The Labute approximate surface area is 125 Å². The third kappa shape index (κ3) is 3.63. The molecule has 2 aliphatic rings. The fourth-order valence-electron chi connectivity index (χ4n) is 3.14. The Balaban J connectivity index is 1.73. The second kappa shape index (κ2) is 6.04. The molecule has 1 fully saturated rings. The van der Waals surface area contributed by atoms with E-state index in [0.717, 1.165) is 44.8 Å². The molecule has 1 aromatic rings. The third-order valence-corrected chi connectivity index (χ3v) is 4.89. The number of aromatic nitrogens is 2. The van der Waals surface area contributed by atoms with Gasteiger partial charge in [-0.1, -0.05) is 0 Å². The van der Waals surface area contributed by atoms with Crippen molar-refractivity contribution >= 4 is 10.0 Å². The van der Waals surface area contributed by atoms with Crippen molar-refractivity contribution < 1.29 is 13.2 Å². The highest BCUT2D eigenvalue weighted by molar-refractivity contribution is 7.88. The molecule has 1 saturated heterocycles. The lowest BCUT2D eigenvalue weighted by molar-refractivity contribution is 0.0170. The van der Waals surface area contributed by atoms with E-state index in [9.17, 15) is 8.42 Å². The standard InChI is InChI=1S/C13H22N4O3S/c1-21(18,19)15-8-13-10-16(11-3-6-20-7-4-11)9-12-2-5-14-17(12)13/h2,5,11,13,15H,3-4,6-10H2,1H3/t13-/m0/s1. The molecular formula is C13H22N4O3S. The molecule has 0 bridgehead atoms. The van der Waals surface area contributed by atoms with E-state index in [1.807, 2.05) is 10.7 Å².